The molecule has 0 radical (unpaired) electrons. The minimum Gasteiger partial charge on any atom is -0.478 e. The third-order valence-corrected chi connectivity index (χ3v) is 4.34. The number of carbonyl (C=O) groups is 2. The summed E-state index contributed by atoms with van der Waals surface area (Å²) < 4.78 is 0. The van der Waals surface area contributed by atoms with Gasteiger partial charge in [0.05, 0.1) is 5.56 Å². The average Bonchev–Trinajstić information content (AvgIpc) is 3.26. The van der Waals surface area contributed by atoms with Crippen molar-refractivity contribution in [2.45, 2.75) is 25.7 Å². The van der Waals surface area contributed by atoms with Gasteiger partial charge in [0.25, 0.3) is 0 Å². The van der Waals surface area contributed by atoms with E-state index in [2.05, 4.69) is 17.4 Å². The standard InChI is InChI=1S/C19H19NO3/c1-12-9-15(7-8-16(12)19(22)23)20-18(21)11-14-10-17(14)13-5-3-2-4-6-13/h2-9,14,17H,10-11H2,1H3,(H,20,21)(H,22,23)/t14-,17-/m0/s1. The molecule has 3 rings (SSSR count). The monoisotopic (exact) mass is 309 g/mol. The van der Waals surface area contributed by atoms with E-state index in [1.54, 1.807) is 19.1 Å². The summed E-state index contributed by atoms with van der Waals surface area (Å²) in [7, 11) is 0. The predicted octanol–water partition coefficient (Wildman–Crippen LogP) is 3.83. The zero-order chi connectivity index (χ0) is 16.4. The minimum atomic E-state index is -0.955. The van der Waals surface area contributed by atoms with E-state index < -0.39 is 5.97 Å². The van der Waals surface area contributed by atoms with Gasteiger partial charge >= 0.3 is 5.97 Å². The number of hydrogen-bond acceptors (Lipinski definition) is 2. The zero-order valence-electron chi connectivity index (χ0n) is 13.0. The molecule has 1 fully saturated rings. The molecule has 4 nitrogen and oxygen atoms in total. The van der Waals surface area contributed by atoms with Crippen molar-refractivity contribution < 1.29 is 14.7 Å². The first kappa shape index (κ1) is 15.3. The highest BCUT2D eigenvalue weighted by Gasteiger charge is 2.39. The van der Waals surface area contributed by atoms with Crippen LogP contribution in [0.15, 0.2) is 48.5 Å². The Morgan fingerprint density at radius 3 is 2.57 bits per heavy atom. The fourth-order valence-corrected chi connectivity index (χ4v) is 3.01. The van der Waals surface area contributed by atoms with Gasteiger partial charge in [-0.1, -0.05) is 30.3 Å². The second kappa shape index (κ2) is 6.24. The highest BCUT2D eigenvalue weighted by atomic mass is 16.4. The van der Waals surface area contributed by atoms with Crippen molar-refractivity contribution in [1.29, 1.82) is 0 Å². The molecule has 0 unspecified atom stereocenters. The third-order valence-electron chi connectivity index (χ3n) is 4.34. The van der Waals surface area contributed by atoms with Gasteiger partial charge in [0, 0.05) is 12.1 Å². The van der Waals surface area contributed by atoms with E-state index in [-0.39, 0.29) is 11.5 Å². The first-order valence-corrected chi connectivity index (χ1v) is 7.73. The molecule has 23 heavy (non-hydrogen) atoms. The largest absolute Gasteiger partial charge is 0.478 e. The highest BCUT2D eigenvalue weighted by molar-refractivity contribution is 5.93. The predicted molar refractivity (Wildman–Crippen MR) is 88.7 cm³/mol. The molecule has 118 valence electrons. The van der Waals surface area contributed by atoms with Gasteiger partial charge in [-0.2, -0.15) is 0 Å². The van der Waals surface area contributed by atoms with Gasteiger partial charge < -0.3 is 10.4 Å². The molecule has 0 aromatic heterocycles. The summed E-state index contributed by atoms with van der Waals surface area (Å²) >= 11 is 0. The molecule has 2 aromatic carbocycles. The Morgan fingerprint density at radius 1 is 1.17 bits per heavy atom. The van der Waals surface area contributed by atoms with E-state index in [0.29, 0.717) is 29.5 Å². The van der Waals surface area contributed by atoms with E-state index >= 15 is 0 Å². The van der Waals surface area contributed by atoms with Crippen molar-refractivity contribution in [1.82, 2.24) is 0 Å². The summed E-state index contributed by atoms with van der Waals surface area (Å²) in [5.74, 6) is -0.0881. The maximum Gasteiger partial charge on any atom is 0.335 e. The van der Waals surface area contributed by atoms with Crippen LogP contribution in [0.4, 0.5) is 5.69 Å². The number of anilines is 1. The molecule has 1 aliphatic carbocycles. The highest BCUT2D eigenvalue weighted by Crippen LogP contribution is 2.49. The summed E-state index contributed by atoms with van der Waals surface area (Å²) in [6, 6.07) is 15.1. The van der Waals surface area contributed by atoms with Gasteiger partial charge in [0.1, 0.15) is 0 Å². The number of benzene rings is 2. The van der Waals surface area contributed by atoms with Gasteiger partial charge in [-0.25, -0.2) is 4.79 Å². The lowest BCUT2D eigenvalue weighted by Crippen LogP contribution is -2.13. The molecule has 0 spiro atoms. The van der Waals surface area contributed by atoms with Crippen LogP contribution < -0.4 is 5.32 Å². The molecule has 0 saturated heterocycles. The Kier molecular flexibility index (Phi) is 4.15. The van der Waals surface area contributed by atoms with E-state index in [9.17, 15) is 9.59 Å². The number of nitrogens with one attached hydrogen (secondary N) is 1. The van der Waals surface area contributed by atoms with Crippen molar-refractivity contribution >= 4 is 17.6 Å². The topological polar surface area (TPSA) is 66.4 Å². The van der Waals surface area contributed by atoms with Crippen molar-refractivity contribution in [3.63, 3.8) is 0 Å². The zero-order valence-corrected chi connectivity index (χ0v) is 13.0. The maximum atomic E-state index is 12.1. The number of hydrogen-bond donors (Lipinski definition) is 2. The molecule has 1 aliphatic rings. The number of rotatable bonds is 5. The molecule has 1 saturated carbocycles. The van der Waals surface area contributed by atoms with Crippen molar-refractivity contribution in [2.75, 3.05) is 5.32 Å². The second-order valence-corrected chi connectivity index (χ2v) is 6.10. The first-order chi connectivity index (χ1) is 11.0. The summed E-state index contributed by atoms with van der Waals surface area (Å²) in [6.45, 7) is 1.73. The fourth-order valence-electron chi connectivity index (χ4n) is 3.01. The van der Waals surface area contributed by atoms with Gasteiger partial charge in [-0.3, -0.25) is 4.79 Å². The van der Waals surface area contributed by atoms with E-state index in [0.717, 1.165) is 6.42 Å². The Morgan fingerprint density at radius 2 is 1.91 bits per heavy atom. The van der Waals surface area contributed by atoms with Crippen LogP contribution in [-0.2, 0) is 4.79 Å². The number of aryl methyl sites for hydroxylation is 1. The van der Waals surface area contributed by atoms with E-state index in [1.165, 1.54) is 11.6 Å². The molecular weight excluding hydrogens is 290 g/mol. The Hall–Kier alpha value is -2.62. The molecule has 0 heterocycles. The molecule has 2 aromatic rings. The first-order valence-electron chi connectivity index (χ1n) is 7.73. The summed E-state index contributed by atoms with van der Waals surface area (Å²) in [5.41, 5.74) is 2.85. The van der Waals surface area contributed by atoms with Gasteiger partial charge in [0.15, 0.2) is 0 Å². The lowest BCUT2D eigenvalue weighted by molar-refractivity contribution is -0.116. The van der Waals surface area contributed by atoms with E-state index in [1.807, 2.05) is 18.2 Å². The van der Waals surface area contributed by atoms with Crippen LogP contribution in [0.5, 0.6) is 0 Å². The molecule has 0 bridgehead atoms. The van der Waals surface area contributed by atoms with Gasteiger partial charge in [0.2, 0.25) is 5.91 Å². The molecule has 2 N–H and O–H groups in total. The van der Waals surface area contributed by atoms with Crippen LogP contribution >= 0.6 is 0 Å². The number of carboxylic acid groups (broad SMARTS) is 1. The van der Waals surface area contributed by atoms with Crippen LogP contribution in [0.3, 0.4) is 0 Å². The molecule has 0 aliphatic heterocycles. The van der Waals surface area contributed by atoms with Crippen molar-refractivity contribution in [3.05, 3.63) is 65.2 Å². The lowest BCUT2D eigenvalue weighted by atomic mass is 10.1. The lowest BCUT2D eigenvalue weighted by Gasteiger charge is -2.08. The number of aromatic carboxylic acids is 1. The minimum absolute atomic E-state index is 0.0177. The Labute approximate surface area is 135 Å². The van der Waals surface area contributed by atoms with E-state index in [4.69, 9.17) is 5.11 Å². The Bertz CT molecular complexity index is 740. The SMILES string of the molecule is Cc1cc(NC(=O)C[C@@H]2C[C@H]2c2ccccc2)ccc1C(=O)O. The smallest absolute Gasteiger partial charge is 0.335 e. The van der Waals surface area contributed by atoms with Crippen molar-refractivity contribution in [3.8, 4) is 0 Å². The maximum absolute atomic E-state index is 12.1. The average molecular weight is 309 g/mol. The summed E-state index contributed by atoms with van der Waals surface area (Å²) in [6.07, 6.45) is 1.55. The van der Waals surface area contributed by atoms with Crippen LogP contribution in [0.1, 0.15) is 40.2 Å². The summed E-state index contributed by atoms with van der Waals surface area (Å²) in [4.78, 5) is 23.1. The van der Waals surface area contributed by atoms with Crippen LogP contribution in [0, 0.1) is 12.8 Å². The Balaban J connectivity index is 1.57. The third kappa shape index (κ3) is 3.59. The number of amides is 1. The normalized spacial score (nSPS) is 19.2. The van der Waals surface area contributed by atoms with Gasteiger partial charge in [-0.05, 0) is 54.5 Å². The molecule has 2 atom stereocenters. The van der Waals surface area contributed by atoms with Gasteiger partial charge in [-0.15, -0.1) is 0 Å². The van der Waals surface area contributed by atoms with Crippen LogP contribution in [-0.4, -0.2) is 17.0 Å². The number of carboxylic acids is 1. The summed E-state index contributed by atoms with van der Waals surface area (Å²) in [5, 5.41) is 11.9. The second-order valence-electron chi connectivity index (χ2n) is 6.10. The van der Waals surface area contributed by atoms with Crippen molar-refractivity contribution in [2.24, 2.45) is 5.92 Å². The molecule has 1 amide bonds. The molecule has 4 heteroatoms. The molecular formula is C19H19NO3. The fraction of sp³-hybridized carbons (Fsp3) is 0.263. The van der Waals surface area contributed by atoms with Crippen LogP contribution in [0.25, 0.3) is 0 Å². The number of carbonyl (C=O) groups excluding carboxylic acids is 1. The van der Waals surface area contributed by atoms with Crippen LogP contribution in [0.2, 0.25) is 0 Å². The quantitative estimate of drug-likeness (QED) is 0.882.